The van der Waals surface area contributed by atoms with Crippen molar-refractivity contribution < 1.29 is 18.7 Å². The number of carbonyl (C=O) groups is 1. The highest BCUT2D eigenvalue weighted by Crippen LogP contribution is 2.23. The van der Waals surface area contributed by atoms with Crippen LogP contribution in [-0.2, 0) is 0 Å². The van der Waals surface area contributed by atoms with Crippen molar-refractivity contribution >= 4 is 23.4 Å². The molecule has 0 fully saturated rings. The van der Waals surface area contributed by atoms with Crippen molar-refractivity contribution in [1.29, 1.82) is 0 Å². The van der Waals surface area contributed by atoms with Crippen LogP contribution in [0.15, 0.2) is 78.9 Å². The van der Waals surface area contributed by atoms with Crippen molar-refractivity contribution in [2.24, 2.45) is 0 Å². The zero-order valence-electron chi connectivity index (χ0n) is 19.9. The first-order valence-corrected chi connectivity index (χ1v) is 11.3. The molecular weight excluding hydrogens is 461 g/mol. The summed E-state index contributed by atoms with van der Waals surface area (Å²) in [6.07, 6.45) is 0. The van der Waals surface area contributed by atoms with Gasteiger partial charge in [-0.15, -0.1) is 0 Å². The Morgan fingerprint density at radius 2 is 1.64 bits per heavy atom. The van der Waals surface area contributed by atoms with Gasteiger partial charge in [-0.1, -0.05) is 6.07 Å². The van der Waals surface area contributed by atoms with Crippen LogP contribution in [0.4, 0.5) is 21.8 Å². The lowest BCUT2D eigenvalue weighted by Crippen LogP contribution is -2.29. The standard InChI is InChI=1S/C27H26FN5O3/c1-18-16-25(32-21-8-12-22(35-2)13-9-21)33-27(31-18)30-15-14-29-26(34)19-4-3-5-24(17-19)36-23-10-6-20(28)7-11-23/h3-13,16-17H,14-15H2,1-2H3,(H,29,34)(H2,30,31,32,33). The Kier molecular flexibility index (Phi) is 7.92. The smallest absolute Gasteiger partial charge is 0.251 e. The van der Waals surface area contributed by atoms with Gasteiger partial charge in [0.15, 0.2) is 0 Å². The average molecular weight is 488 g/mol. The first-order valence-electron chi connectivity index (χ1n) is 11.3. The molecule has 0 spiro atoms. The van der Waals surface area contributed by atoms with Crippen LogP contribution in [0, 0.1) is 12.7 Å². The van der Waals surface area contributed by atoms with E-state index in [0.717, 1.165) is 17.1 Å². The minimum atomic E-state index is -0.343. The van der Waals surface area contributed by atoms with Crippen LogP contribution >= 0.6 is 0 Å². The second kappa shape index (κ2) is 11.7. The number of nitrogens with one attached hydrogen (secondary N) is 3. The molecule has 9 heteroatoms. The summed E-state index contributed by atoms with van der Waals surface area (Å²) in [7, 11) is 1.62. The molecule has 3 N–H and O–H groups in total. The number of anilines is 3. The number of halogens is 1. The van der Waals surface area contributed by atoms with Crippen molar-refractivity contribution in [1.82, 2.24) is 15.3 Å². The number of nitrogens with zero attached hydrogens (tertiary/aromatic N) is 2. The van der Waals surface area contributed by atoms with Crippen LogP contribution in [0.3, 0.4) is 0 Å². The van der Waals surface area contributed by atoms with E-state index in [1.54, 1.807) is 31.4 Å². The summed E-state index contributed by atoms with van der Waals surface area (Å²) >= 11 is 0. The SMILES string of the molecule is COc1ccc(Nc2cc(C)nc(NCCNC(=O)c3cccc(Oc4ccc(F)cc4)c3)n2)cc1. The van der Waals surface area contributed by atoms with Gasteiger partial charge in [0.25, 0.3) is 5.91 Å². The molecule has 0 radical (unpaired) electrons. The van der Waals surface area contributed by atoms with Crippen LogP contribution in [-0.4, -0.2) is 36.1 Å². The summed E-state index contributed by atoms with van der Waals surface area (Å²) in [5, 5.41) is 9.24. The second-order valence-corrected chi connectivity index (χ2v) is 7.84. The van der Waals surface area contributed by atoms with Gasteiger partial charge in [-0.2, -0.15) is 4.98 Å². The van der Waals surface area contributed by atoms with E-state index in [-0.39, 0.29) is 11.7 Å². The Labute approximate surface area is 208 Å². The highest BCUT2D eigenvalue weighted by molar-refractivity contribution is 5.94. The number of aryl methyl sites for hydroxylation is 1. The van der Waals surface area contributed by atoms with E-state index in [9.17, 15) is 9.18 Å². The van der Waals surface area contributed by atoms with Crippen molar-refractivity contribution in [3.8, 4) is 17.2 Å². The van der Waals surface area contributed by atoms with Gasteiger partial charge in [0, 0.05) is 36.1 Å². The van der Waals surface area contributed by atoms with E-state index < -0.39 is 0 Å². The van der Waals surface area contributed by atoms with Crippen molar-refractivity contribution in [3.05, 3.63) is 95.9 Å². The van der Waals surface area contributed by atoms with Gasteiger partial charge >= 0.3 is 0 Å². The third-order valence-corrected chi connectivity index (χ3v) is 5.06. The first-order chi connectivity index (χ1) is 17.5. The van der Waals surface area contributed by atoms with Gasteiger partial charge in [-0.05, 0) is 73.7 Å². The molecule has 0 atom stereocenters. The van der Waals surface area contributed by atoms with Gasteiger partial charge in [-0.3, -0.25) is 4.79 Å². The molecule has 0 aliphatic rings. The van der Waals surface area contributed by atoms with Gasteiger partial charge < -0.3 is 25.4 Å². The minimum absolute atomic E-state index is 0.242. The molecule has 1 heterocycles. The molecule has 0 saturated carbocycles. The molecule has 1 aromatic heterocycles. The third-order valence-electron chi connectivity index (χ3n) is 5.06. The fraction of sp³-hybridized carbons (Fsp3) is 0.148. The number of hydrogen-bond donors (Lipinski definition) is 3. The molecule has 4 aromatic rings. The highest BCUT2D eigenvalue weighted by Gasteiger charge is 2.08. The quantitative estimate of drug-likeness (QED) is 0.261. The van der Waals surface area contributed by atoms with Gasteiger partial charge in [0.05, 0.1) is 7.11 Å². The number of hydrogen-bond acceptors (Lipinski definition) is 7. The van der Waals surface area contributed by atoms with E-state index >= 15 is 0 Å². The molecule has 4 rings (SSSR count). The first kappa shape index (κ1) is 24.5. The summed E-state index contributed by atoms with van der Waals surface area (Å²) in [4.78, 5) is 21.5. The Balaban J connectivity index is 1.28. The summed E-state index contributed by atoms with van der Waals surface area (Å²) in [6.45, 7) is 2.68. The van der Waals surface area contributed by atoms with Crippen molar-refractivity contribution in [2.75, 3.05) is 30.8 Å². The lowest BCUT2D eigenvalue weighted by Gasteiger charge is -2.11. The van der Waals surface area contributed by atoms with Crippen LogP contribution in [0.25, 0.3) is 0 Å². The summed E-state index contributed by atoms with van der Waals surface area (Å²) in [5.41, 5.74) is 2.12. The van der Waals surface area contributed by atoms with Crippen molar-refractivity contribution in [2.45, 2.75) is 6.92 Å². The number of methoxy groups -OCH3 is 1. The zero-order chi connectivity index (χ0) is 25.3. The normalized spacial score (nSPS) is 10.4. The Bertz CT molecular complexity index is 1310. The van der Waals surface area contributed by atoms with Crippen LogP contribution in [0.1, 0.15) is 16.1 Å². The van der Waals surface area contributed by atoms with Crippen LogP contribution < -0.4 is 25.4 Å². The lowest BCUT2D eigenvalue weighted by atomic mass is 10.2. The number of aromatic nitrogens is 2. The number of benzene rings is 3. The van der Waals surface area contributed by atoms with Gasteiger partial charge in [-0.25, -0.2) is 9.37 Å². The Morgan fingerprint density at radius 3 is 2.39 bits per heavy atom. The molecule has 0 unspecified atom stereocenters. The summed E-state index contributed by atoms with van der Waals surface area (Å²) in [6, 6.07) is 21.8. The maximum atomic E-state index is 13.1. The molecule has 184 valence electrons. The summed E-state index contributed by atoms with van der Waals surface area (Å²) in [5.74, 6) is 2.26. The maximum absolute atomic E-state index is 13.1. The zero-order valence-corrected chi connectivity index (χ0v) is 19.9. The molecule has 1 amide bonds. The van der Waals surface area contributed by atoms with E-state index in [1.165, 1.54) is 24.3 Å². The molecular formula is C27H26FN5O3. The Hall–Kier alpha value is -4.66. The predicted octanol–water partition coefficient (Wildman–Crippen LogP) is 5.31. The fourth-order valence-electron chi connectivity index (χ4n) is 3.33. The van der Waals surface area contributed by atoms with Gasteiger partial charge in [0.2, 0.25) is 5.95 Å². The third kappa shape index (κ3) is 6.92. The largest absolute Gasteiger partial charge is 0.497 e. The molecule has 0 aliphatic heterocycles. The Morgan fingerprint density at radius 1 is 0.889 bits per heavy atom. The van der Waals surface area contributed by atoms with E-state index in [0.29, 0.717) is 41.9 Å². The van der Waals surface area contributed by atoms with E-state index in [1.807, 2.05) is 37.3 Å². The second-order valence-electron chi connectivity index (χ2n) is 7.84. The van der Waals surface area contributed by atoms with E-state index in [4.69, 9.17) is 9.47 Å². The number of ether oxygens (including phenoxy) is 2. The molecule has 0 bridgehead atoms. The molecule has 36 heavy (non-hydrogen) atoms. The average Bonchev–Trinajstić information content (AvgIpc) is 2.88. The number of amides is 1. The number of carbonyl (C=O) groups excluding carboxylic acids is 1. The van der Waals surface area contributed by atoms with E-state index in [2.05, 4.69) is 25.9 Å². The van der Waals surface area contributed by atoms with Crippen LogP contribution in [0.2, 0.25) is 0 Å². The monoisotopic (exact) mass is 487 g/mol. The van der Waals surface area contributed by atoms with Gasteiger partial charge in [0.1, 0.15) is 28.9 Å². The topological polar surface area (TPSA) is 97.4 Å². The minimum Gasteiger partial charge on any atom is -0.497 e. The van der Waals surface area contributed by atoms with Crippen LogP contribution in [0.5, 0.6) is 17.2 Å². The highest BCUT2D eigenvalue weighted by atomic mass is 19.1. The fourth-order valence-corrected chi connectivity index (χ4v) is 3.33. The molecule has 3 aromatic carbocycles. The molecule has 0 saturated heterocycles. The van der Waals surface area contributed by atoms with Crippen molar-refractivity contribution in [3.63, 3.8) is 0 Å². The molecule has 0 aliphatic carbocycles. The maximum Gasteiger partial charge on any atom is 0.251 e. The lowest BCUT2D eigenvalue weighted by molar-refractivity contribution is 0.0955. The predicted molar refractivity (Wildman–Crippen MR) is 137 cm³/mol. The number of rotatable bonds is 10. The summed E-state index contributed by atoms with van der Waals surface area (Å²) < 4.78 is 24.0. The molecule has 8 nitrogen and oxygen atoms in total.